The van der Waals surface area contributed by atoms with Gasteiger partial charge in [-0.05, 0) is 27.6 Å². The molecular formula is C12H9BrN2O3. The molecule has 92 valence electrons. The number of hydrogen-bond acceptors (Lipinski definition) is 3. The van der Waals surface area contributed by atoms with E-state index >= 15 is 0 Å². The maximum Gasteiger partial charge on any atom is 0.269 e. The minimum atomic E-state index is -0.449. The lowest BCUT2D eigenvalue weighted by Crippen LogP contribution is -2.18. The molecule has 0 saturated heterocycles. The van der Waals surface area contributed by atoms with Crippen LogP contribution in [0.4, 0.5) is 5.69 Å². The highest BCUT2D eigenvalue weighted by Crippen LogP contribution is 2.13. The largest absolute Gasteiger partial charge is 0.310 e. The third kappa shape index (κ3) is 2.84. The summed E-state index contributed by atoms with van der Waals surface area (Å²) in [6.07, 6.45) is 1.68. The van der Waals surface area contributed by atoms with E-state index < -0.39 is 4.92 Å². The van der Waals surface area contributed by atoms with Gasteiger partial charge in [0.05, 0.1) is 11.5 Å². The van der Waals surface area contributed by atoms with Crippen LogP contribution in [0, 0.1) is 10.1 Å². The Morgan fingerprint density at radius 2 is 1.83 bits per heavy atom. The molecule has 1 heterocycles. The fraction of sp³-hybridized carbons (Fsp3) is 0.0833. The van der Waals surface area contributed by atoms with Crippen molar-refractivity contribution in [3.8, 4) is 0 Å². The summed E-state index contributed by atoms with van der Waals surface area (Å²) < 4.78 is 2.34. The molecule has 0 spiro atoms. The maximum atomic E-state index is 11.6. The number of benzene rings is 1. The Balaban J connectivity index is 2.26. The molecule has 18 heavy (non-hydrogen) atoms. The number of pyridine rings is 1. The highest BCUT2D eigenvalue weighted by atomic mass is 79.9. The topological polar surface area (TPSA) is 65.1 Å². The number of aromatic nitrogens is 1. The van der Waals surface area contributed by atoms with Gasteiger partial charge in [-0.25, -0.2) is 0 Å². The summed E-state index contributed by atoms with van der Waals surface area (Å²) in [4.78, 5) is 21.6. The number of rotatable bonds is 3. The zero-order chi connectivity index (χ0) is 13.1. The van der Waals surface area contributed by atoms with E-state index in [9.17, 15) is 14.9 Å². The van der Waals surface area contributed by atoms with Crippen LogP contribution in [-0.2, 0) is 6.54 Å². The minimum absolute atomic E-state index is 0.0420. The molecule has 1 aromatic carbocycles. The van der Waals surface area contributed by atoms with Crippen LogP contribution in [-0.4, -0.2) is 9.49 Å². The van der Waals surface area contributed by atoms with Crippen LogP contribution in [0.5, 0.6) is 0 Å². The molecule has 2 aromatic rings. The third-order valence-corrected chi connectivity index (χ3v) is 2.92. The molecule has 0 fully saturated rings. The first kappa shape index (κ1) is 12.5. The smallest absolute Gasteiger partial charge is 0.269 e. The van der Waals surface area contributed by atoms with Crippen molar-refractivity contribution >= 4 is 21.6 Å². The second kappa shape index (κ2) is 5.14. The zero-order valence-corrected chi connectivity index (χ0v) is 10.8. The molecule has 0 aliphatic rings. The SMILES string of the molecule is O=c1ccc(Br)cn1Cc1ccc([N+](=O)[O-])cc1. The lowest BCUT2D eigenvalue weighted by molar-refractivity contribution is -0.384. The summed E-state index contributed by atoms with van der Waals surface area (Å²) in [5.41, 5.74) is 0.762. The molecule has 0 amide bonds. The van der Waals surface area contributed by atoms with E-state index in [0.717, 1.165) is 10.0 Å². The van der Waals surface area contributed by atoms with Crippen LogP contribution in [0.25, 0.3) is 0 Å². The van der Waals surface area contributed by atoms with Crippen molar-refractivity contribution in [3.63, 3.8) is 0 Å². The standard InChI is InChI=1S/C12H9BrN2O3/c13-10-3-6-12(16)14(8-10)7-9-1-4-11(5-2-9)15(17)18/h1-6,8H,7H2. The summed E-state index contributed by atoms with van der Waals surface area (Å²) in [6, 6.07) is 9.29. The third-order valence-electron chi connectivity index (χ3n) is 2.45. The molecule has 0 bridgehead atoms. The summed E-state index contributed by atoms with van der Waals surface area (Å²) in [5, 5.41) is 10.5. The second-order valence-corrected chi connectivity index (χ2v) is 4.65. The summed E-state index contributed by atoms with van der Waals surface area (Å²) in [5.74, 6) is 0. The van der Waals surface area contributed by atoms with Gasteiger partial charge in [-0.15, -0.1) is 0 Å². The van der Waals surface area contributed by atoms with Crippen LogP contribution in [0.2, 0.25) is 0 Å². The number of nitro benzene ring substituents is 1. The monoisotopic (exact) mass is 308 g/mol. The lowest BCUT2D eigenvalue weighted by Gasteiger charge is -2.05. The Labute approximate surface area is 111 Å². The number of non-ortho nitro benzene ring substituents is 1. The maximum absolute atomic E-state index is 11.6. The van der Waals surface area contributed by atoms with Gasteiger partial charge < -0.3 is 4.57 Å². The fourth-order valence-electron chi connectivity index (χ4n) is 1.55. The quantitative estimate of drug-likeness (QED) is 0.646. The van der Waals surface area contributed by atoms with Gasteiger partial charge >= 0.3 is 0 Å². The minimum Gasteiger partial charge on any atom is -0.310 e. The Hall–Kier alpha value is -1.95. The van der Waals surface area contributed by atoms with Gasteiger partial charge in [0.15, 0.2) is 0 Å². The molecule has 2 rings (SSSR count). The van der Waals surface area contributed by atoms with Gasteiger partial charge in [0, 0.05) is 28.9 Å². The first-order valence-corrected chi connectivity index (χ1v) is 5.95. The van der Waals surface area contributed by atoms with E-state index in [1.165, 1.54) is 22.8 Å². The van der Waals surface area contributed by atoms with Gasteiger partial charge in [-0.2, -0.15) is 0 Å². The van der Waals surface area contributed by atoms with Crippen molar-refractivity contribution in [2.24, 2.45) is 0 Å². The average molecular weight is 309 g/mol. The molecule has 0 radical (unpaired) electrons. The molecule has 0 unspecified atom stereocenters. The van der Waals surface area contributed by atoms with E-state index in [1.54, 1.807) is 24.4 Å². The Kier molecular flexibility index (Phi) is 3.57. The molecule has 0 aliphatic heterocycles. The molecule has 0 N–H and O–H groups in total. The molecule has 0 atom stereocenters. The number of hydrogen-bond donors (Lipinski definition) is 0. The highest BCUT2D eigenvalue weighted by molar-refractivity contribution is 9.10. The van der Waals surface area contributed by atoms with Crippen LogP contribution in [0.3, 0.4) is 0 Å². The van der Waals surface area contributed by atoms with E-state index in [4.69, 9.17) is 0 Å². The number of halogens is 1. The molecule has 1 aromatic heterocycles. The Bertz CT molecular complexity index is 635. The van der Waals surface area contributed by atoms with Crippen molar-refractivity contribution < 1.29 is 4.92 Å². The van der Waals surface area contributed by atoms with Gasteiger partial charge in [0.25, 0.3) is 11.2 Å². The van der Waals surface area contributed by atoms with Crippen LogP contribution < -0.4 is 5.56 Å². The van der Waals surface area contributed by atoms with Gasteiger partial charge in [0.1, 0.15) is 0 Å². The van der Waals surface area contributed by atoms with E-state index in [-0.39, 0.29) is 11.2 Å². The van der Waals surface area contributed by atoms with E-state index in [2.05, 4.69) is 15.9 Å². The van der Waals surface area contributed by atoms with E-state index in [1.807, 2.05) is 0 Å². The van der Waals surface area contributed by atoms with Crippen LogP contribution in [0.1, 0.15) is 5.56 Å². The van der Waals surface area contributed by atoms with E-state index in [0.29, 0.717) is 6.54 Å². The average Bonchev–Trinajstić information content (AvgIpc) is 2.34. The Morgan fingerprint density at radius 1 is 1.17 bits per heavy atom. The molecule has 0 saturated carbocycles. The molecule has 6 heteroatoms. The number of nitro groups is 1. The summed E-state index contributed by atoms with van der Waals surface area (Å²) in [7, 11) is 0. The van der Waals surface area contributed by atoms with Gasteiger partial charge in [0.2, 0.25) is 0 Å². The Morgan fingerprint density at radius 3 is 2.44 bits per heavy atom. The van der Waals surface area contributed by atoms with Crippen LogP contribution in [0.15, 0.2) is 51.9 Å². The first-order valence-electron chi connectivity index (χ1n) is 5.15. The van der Waals surface area contributed by atoms with Crippen molar-refractivity contribution in [2.75, 3.05) is 0 Å². The second-order valence-electron chi connectivity index (χ2n) is 3.74. The zero-order valence-electron chi connectivity index (χ0n) is 9.25. The molecular weight excluding hydrogens is 300 g/mol. The fourth-order valence-corrected chi connectivity index (χ4v) is 1.92. The first-order chi connectivity index (χ1) is 8.56. The highest BCUT2D eigenvalue weighted by Gasteiger charge is 2.04. The number of nitrogens with zero attached hydrogens (tertiary/aromatic N) is 2. The van der Waals surface area contributed by atoms with Crippen molar-refractivity contribution in [1.82, 2.24) is 4.57 Å². The van der Waals surface area contributed by atoms with Gasteiger partial charge in [-0.1, -0.05) is 12.1 Å². The van der Waals surface area contributed by atoms with Crippen LogP contribution >= 0.6 is 15.9 Å². The predicted molar refractivity (Wildman–Crippen MR) is 70.6 cm³/mol. The van der Waals surface area contributed by atoms with Gasteiger partial charge in [-0.3, -0.25) is 14.9 Å². The normalized spacial score (nSPS) is 10.3. The summed E-state index contributed by atoms with van der Waals surface area (Å²) >= 11 is 3.29. The molecule has 0 aliphatic carbocycles. The lowest BCUT2D eigenvalue weighted by atomic mass is 10.2. The van der Waals surface area contributed by atoms with Crippen molar-refractivity contribution in [1.29, 1.82) is 0 Å². The predicted octanol–water partition coefficient (Wildman–Crippen LogP) is 2.57. The summed E-state index contributed by atoms with van der Waals surface area (Å²) in [6.45, 7) is 0.385. The van der Waals surface area contributed by atoms with Crippen molar-refractivity contribution in [2.45, 2.75) is 6.54 Å². The van der Waals surface area contributed by atoms with Crippen molar-refractivity contribution in [3.05, 3.63) is 73.1 Å². The molecule has 5 nitrogen and oxygen atoms in total.